The van der Waals surface area contributed by atoms with Gasteiger partial charge in [-0.25, -0.2) is 4.39 Å². The Morgan fingerprint density at radius 1 is 1.25 bits per heavy atom. The van der Waals surface area contributed by atoms with E-state index in [9.17, 15) is 14.0 Å². The molecule has 0 aliphatic heterocycles. The smallest absolute Gasteiger partial charge is 0.234 e. The van der Waals surface area contributed by atoms with Crippen molar-refractivity contribution in [3.05, 3.63) is 47.8 Å². The molecule has 0 atom stereocenters. The number of carbonyl (C=O) groups is 2. The molecule has 0 saturated carbocycles. The van der Waals surface area contributed by atoms with E-state index in [4.69, 9.17) is 0 Å². The Morgan fingerprint density at radius 3 is 2.44 bits per heavy atom. The monoisotopic (exact) mass is 280 g/mol. The maximum atomic E-state index is 13.3. The third-order valence-corrected chi connectivity index (χ3v) is 2.85. The third kappa shape index (κ3) is 1.38. The molecule has 1 aromatic rings. The number of allylic oxidation sites excluding steroid dienone is 1. The number of benzene rings is 1. The molecule has 1 aromatic carbocycles. The first-order valence-corrected chi connectivity index (χ1v) is 5.19. The highest BCUT2D eigenvalue weighted by Crippen LogP contribution is 2.36. The van der Waals surface area contributed by atoms with Crippen LogP contribution in [0.5, 0.6) is 0 Å². The molecule has 0 radical (unpaired) electrons. The lowest BCUT2D eigenvalue weighted by Gasteiger charge is -2.06. The third-order valence-electron chi connectivity index (χ3n) is 2.42. The van der Waals surface area contributed by atoms with Crippen molar-refractivity contribution in [1.82, 2.24) is 0 Å². The zero-order chi connectivity index (χ0) is 12.0. The van der Waals surface area contributed by atoms with Crippen molar-refractivity contribution in [2.24, 2.45) is 0 Å². The largest absolute Gasteiger partial charge is 0.285 e. The standard InChI is InChI=1S/C12H6BrFO2/c1-5-10-8(6(2)13)3-7(14)4-9(10)12(16)11(5)15/h3-4H,1-2H2. The van der Waals surface area contributed by atoms with Crippen LogP contribution in [0, 0.1) is 5.82 Å². The number of ketones is 2. The Morgan fingerprint density at radius 2 is 1.88 bits per heavy atom. The van der Waals surface area contributed by atoms with Gasteiger partial charge in [-0.1, -0.05) is 29.1 Å². The van der Waals surface area contributed by atoms with Crippen LogP contribution >= 0.6 is 15.9 Å². The summed E-state index contributed by atoms with van der Waals surface area (Å²) in [5, 5.41) is 0. The molecule has 0 aromatic heterocycles. The van der Waals surface area contributed by atoms with Crippen LogP contribution in [0.15, 0.2) is 25.3 Å². The molecular formula is C12H6BrFO2. The molecule has 0 heterocycles. The predicted molar refractivity (Wildman–Crippen MR) is 62.7 cm³/mol. The van der Waals surface area contributed by atoms with Gasteiger partial charge in [-0.15, -0.1) is 0 Å². The van der Waals surface area contributed by atoms with Crippen molar-refractivity contribution in [1.29, 1.82) is 0 Å². The summed E-state index contributed by atoms with van der Waals surface area (Å²) in [6, 6.07) is 2.26. The summed E-state index contributed by atoms with van der Waals surface area (Å²) in [4.78, 5) is 22.9. The first-order valence-electron chi connectivity index (χ1n) is 4.40. The van der Waals surface area contributed by atoms with Gasteiger partial charge >= 0.3 is 0 Å². The van der Waals surface area contributed by atoms with Crippen LogP contribution in [0.3, 0.4) is 0 Å². The minimum Gasteiger partial charge on any atom is -0.285 e. The van der Waals surface area contributed by atoms with Gasteiger partial charge in [0.15, 0.2) is 0 Å². The SMILES string of the molecule is C=C(Br)c1cc(F)cc2c1C(=C)C(=O)C2=O. The Labute approximate surface area is 99.6 Å². The predicted octanol–water partition coefficient (Wildman–Crippen LogP) is 2.97. The topological polar surface area (TPSA) is 34.1 Å². The molecule has 0 N–H and O–H groups in total. The van der Waals surface area contributed by atoms with Crippen molar-refractivity contribution >= 4 is 37.6 Å². The number of halogens is 2. The van der Waals surface area contributed by atoms with Gasteiger partial charge in [0.05, 0.1) is 0 Å². The van der Waals surface area contributed by atoms with Crippen molar-refractivity contribution in [2.45, 2.75) is 0 Å². The van der Waals surface area contributed by atoms with E-state index < -0.39 is 17.4 Å². The Bertz CT molecular complexity index is 573. The number of hydrogen-bond donors (Lipinski definition) is 0. The average Bonchev–Trinajstić information content (AvgIpc) is 2.43. The molecule has 0 saturated heterocycles. The van der Waals surface area contributed by atoms with E-state index in [0.717, 1.165) is 6.07 Å². The lowest BCUT2D eigenvalue weighted by molar-refractivity contribution is -0.109. The molecule has 16 heavy (non-hydrogen) atoms. The van der Waals surface area contributed by atoms with E-state index in [-0.39, 0.29) is 11.1 Å². The van der Waals surface area contributed by atoms with Gasteiger partial charge < -0.3 is 0 Å². The van der Waals surface area contributed by atoms with E-state index in [0.29, 0.717) is 15.6 Å². The Hall–Kier alpha value is -1.55. The molecule has 0 amide bonds. The van der Waals surface area contributed by atoms with Gasteiger partial charge in [-0.05, 0) is 17.7 Å². The number of fused-ring (bicyclic) bond motifs is 1. The molecule has 2 nitrogen and oxygen atoms in total. The van der Waals surface area contributed by atoms with Gasteiger partial charge in [0.25, 0.3) is 0 Å². The normalized spacial score (nSPS) is 14.2. The summed E-state index contributed by atoms with van der Waals surface area (Å²) in [5.41, 5.74) is 0.915. The lowest BCUT2D eigenvalue weighted by atomic mass is 10.0. The summed E-state index contributed by atoms with van der Waals surface area (Å²) in [6.07, 6.45) is 0. The molecule has 0 bridgehead atoms. The Kier molecular flexibility index (Phi) is 2.39. The highest BCUT2D eigenvalue weighted by molar-refractivity contribution is 9.15. The summed E-state index contributed by atoms with van der Waals surface area (Å²) in [6.45, 7) is 7.16. The second-order valence-electron chi connectivity index (χ2n) is 3.42. The molecule has 0 spiro atoms. The van der Waals surface area contributed by atoms with Crippen LogP contribution in [0.25, 0.3) is 10.1 Å². The number of Topliss-reactive ketones (excluding diaryl/α,β-unsaturated/α-hetero) is 2. The molecule has 0 fully saturated rings. The minimum absolute atomic E-state index is 0.0607. The molecule has 1 aliphatic carbocycles. The number of carbonyl (C=O) groups excluding carboxylic acids is 2. The van der Waals surface area contributed by atoms with Crippen molar-refractivity contribution in [3.8, 4) is 0 Å². The van der Waals surface area contributed by atoms with E-state index in [1.54, 1.807) is 0 Å². The first-order chi connectivity index (χ1) is 7.43. The first kappa shape index (κ1) is 11.0. The number of hydrogen-bond acceptors (Lipinski definition) is 2. The van der Waals surface area contributed by atoms with Crippen molar-refractivity contribution in [3.63, 3.8) is 0 Å². The van der Waals surface area contributed by atoms with Gasteiger partial charge in [-0.3, -0.25) is 9.59 Å². The van der Waals surface area contributed by atoms with Gasteiger partial charge in [0.2, 0.25) is 11.6 Å². The fraction of sp³-hybridized carbons (Fsp3) is 0. The minimum atomic E-state index is -0.713. The zero-order valence-corrected chi connectivity index (χ0v) is 9.73. The Balaban J connectivity index is 2.85. The van der Waals surface area contributed by atoms with Crippen LogP contribution in [0.2, 0.25) is 0 Å². The fourth-order valence-electron chi connectivity index (χ4n) is 1.70. The quantitative estimate of drug-likeness (QED) is 0.586. The van der Waals surface area contributed by atoms with E-state index in [2.05, 4.69) is 29.1 Å². The molecule has 0 unspecified atom stereocenters. The van der Waals surface area contributed by atoms with Crippen molar-refractivity contribution in [2.75, 3.05) is 0 Å². The van der Waals surface area contributed by atoms with Gasteiger partial charge in [0, 0.05) is 21.2 Å². The second-order valence-corrected chi connectivity index (χ2v) is 4.37. The van der Waals surface area contributed by atoms with Crippen LogP contribution in [0.1, 0.15) is 21.5 Å². The summed E-state index contributed by atoms with van der Waals surface area (Å²) in [5.74, 6) is -1.98. The molecule has 2 rings (SSSR count). The zero-order valence-electron chi connectivity index (χ0n) is 8.14. The molecule has 1 aliphatic rings. The van der Waals surface area contributed by atoms with E-state index >= 15 is 0 Å². The maximum Gasteiger partial charge on any atom is 0.234 e. The van der Waals surface area contributed by atoms with E-state index in [1.807, 2.05) is 0 Å². The highest BCUT2D eigenvalue weighted by Gasteiger charge is 2.34. The average molecular weight is 281 g/mol. The summed E-state index contributed by atoms with van der Waals surface area (Å²) < 4.78 is 13.7. The van der Waals surface area contributed by atoms with Gasteiger partial charge in [0.1, 0.15) is 5.82 Å². The van der Waals surface area contributed by atoms with Crippen molar-refractivity contribution < 1.29 is 14.0 Å². The van der Waals surface area contributed by atoms with Crippen LogP contribution in [-0.2, 0) is 4.79 Å². The van der Waals surface area contributed by atoms with Crippen LogP contribution in [0.4, 0.5) is 4.39 Å². The molecule has 4 heteroatoms. The maximum absolute atomic E-state index is 13.3. The summed E-state index contributed by atoms with van der Waals surface area (Å²) in [7, 11) is 0. The fourth-order valence-corrected chi connectivity index (χ4v) is 2.01. The van der Waals surface area contributed by atoms with Gasteiger partial charge in [-0.2, -0.15) is 0 Å². The summed E-state index contributed by atoms with van der Waals surface area (Å²) >= 11 is 3.11. The second kappa shape index (κ2) is 3.49. The van der Waals surface area contributed by atoms with Crippen LogP contribution in [-0.4, -0.2) is 11.6 Å². The lowest BCUT2D eigenvalue weighted by Crippen LogP contribution is -2.05. The number of rotatable bonds is 1. The van der Waals surface area contributed by atoms with Crippen LogP contribution < -0.4 is 0 Å². The molecule has 80 valence electrons. The van der Waals surface area contributed by atoms with E-state index in [1.165, 1.54) is 6.07 Å². The molecular weight excluding hydrogens is 275 g/mol. The highest BCUT2D eigenvalue weighted by atomic mass is 79.9.